The molecule has 0 bridgehead atoms. The van der Waals surface area contributed by atoms with Gasteiger partial charge in [-0.05, 0) is 24.6 Å². The van der Waals surface area contributed by atoms with Crippen molar-refractivity contribution in [1.82, 2.24) is 0 Å². The van der Waals surface area contributed by atoms with Gasteiger partial charge in [0, 0.05) is 0 Å². The first-order valence-electron chi connectivity index (χ1n) is 7.66. The topological polar surface area (TPSA) is 47.6 Å². The number of halogens is 7. The Morgan fingerprint density at radius 2 is 1.57 bits per heavy atom. The van der Waals surface area contributed by atoms with E-state index in [1.807, 2.05) is 0 Å². The second-order valence-corrected chi connectivity index (χ2v) is 5.83. The van der Waals surface area contributed by atoms with Crippen molar-refractivity contribution in [2.24, 2.45) is 0 Å². The Balaban J connectivity index is 1.92. The van der Waals surface area contributed by atoms with Crippen LogP contribution in [-0.4, -0.2) is 12.7 Å². The van der Waals surface area contributed by atoms with Gasteiger partial charge in [-0.3, -0.25) is 4.79 Å². The van der Waals surface area contributed by atoms with Crippen LogP contribution in [0.15, 0.2) is 18.2 Å². The number of nitrogens with one attached hydrogen (secondary N) is 1. The summed E-state index contributed by atoms with van der Waals surface area (Å²) in [4.78, 5) is 12.2. The highest BCUT2D eigenvalue weighted by atomic mass is 19.4. The summed E-state index contributed by atoms with van der Waals surface area (Å²) in [5.41, 5.74) is -4.07. The minimum Gasteiger partial charge on any atom is -0.454 e. The highest BCUT2D eigenvalue weighted by Gasteiger charge is 2.42. The van der Waals surface area contributed by atoms with Crippen LogP contribution in [0.5, 0.6) is 11.5 Å². The lowest BCUT2D eigenvalue weighted by Crippen LogP contribution is -2.23. The molecule has 150 valence electrons. The van der Waals surface area contributed by atoms with Crippen LogP contribution in [0.2, 0.25) is 0 Å². The van der Waals surface area contributed by atoms with E-state index in [4.69, 9.17) is 9.47 Å². The van der Waals surface area contributed by atoms with E-state index < -0.39 is 52.5 Å². The first-order chi connectivity index (χ1) is 13.0. The number of hydrogen-bond acceptors (Lipinski definition) is 3. The van der Waals surface area contributed by atoms with Crippen LogP contribution in [0.4, 0.5) is 36.4 Å². The fourth-order valence-electron chi connectivity index (χ4n) is 2.56. The Kier molecular flexibility index (Phi) is 4.86. The molecule has 2 aromatic rings. The van der Waals surface area contributed by atoms with Gasteiger partial charge in [0.15, 0.2) is 34.8 Å². The van der Waals surface area contributed by atoms with Gasteiger partial charge in [-0.1, -0.05) is 6.07 Å². The molecule has 0 fully saturated rings. The predicted octanol–water partition coefficient (Wildman–Crippen LogP) is 4.73. The van der Waals surface area contributed by atoms with E-state index in [9.17, 15) is 35.5 Å². The molecular weight excluding hydrogens is 399 g/mol. The van der Waals surface area contributed by atoms with Crippen molar-refractivity contribution in [3.63, 3.8) is 0 Å². The Hall–Kier alpha value is -2.98. The number of ether oxygens (including phenoxy) is 2. The maximum absolute atomic E-state index is 13.9. The van der Waals surface area contributed by atoms with Gasteiger partial charge in [-0.25, -0.2) is 17.6 Å². The highest BCUT2D eigenvalue weighted by Crippen LogP contribution is 2.39. The van der Waals surface area contributed by atoms with E-state index in [1.165, 1.54) is 25.1 Å². The molecule has 0 aliphatic carbocycles. The van der Waals surface area contributed by atoms with Crippen LogP contribution in [0.25, 0.3) is 0 Å². The third kappa shape index (κ3) is 3.32. The molecular formula is C17H10F7NO3. The van der Waals surface area contributed by atoms with Gasteiger partial charge in [0.05, 0.1) is 5.92 Å². The molecule has 4 nitrogen and oxygen atoms in total. The van der Waals surface area contributed by atoms with Crippen LogP contribution in [0.3, 0.4) is 0 Å². The average Bonchev–Trinajstić information content (AvgIpc) is 3.09. The fourth-order valence-corrected chi connectivity index (χ4v) is 2.56. The van der Waals surface area contributed by atoms with Crippen molar-refractivity contribution in [3.8, 4) is 11.5 Å². The molecule has 1 atom stereocenters. The third-order valence-corrected chi connectivity index (χ3v) is 4.08. The quantitative estimate of drug-likeness (QED) is 0.589. The van der Waals surface area contributed by atoms with Crippen molar-refractivity contribution < 1.29 is 45.0 Å². The summed E-state index contributed by atoms with van der Waals surface area (Å²) < 4.78 is 103. The molecule has 1 aliphatic heterocycles. The van der Waals surface area contributed by atoms with E-state index in [2.05, 4.69) is 0 Å². The van der Waals surface area contributed by atoms with Crippen LogP contribution >= 0.6 is 0 Å². The molecule has 2 aromatic carbocycles. The maximum Gasteiger partial charge on any atom is 0.422 e. The van der Waals surface area contributed by atoms with Crippen LogP contribution in [0, 0.1) is 23.3 Å². The number of rotatable bonds is 3. The molecule has 28 heavy (non-hydrogen) atoms. The molecule has 11 heteroatoms. The Morgan fingerprint density at radius 3 is 2.14 bits per heavy atom. The largest absolute Gasteiger partial charge is 0.454 e. The lowest BCUT2D eigenvalue weighted by molar-refractivity contribution is -0.143. The standard InChI is InChI=1S/C17H10F7NO3/c1-6(7-2-3-8-9(4-7)28-5-27-8)16(26)25-15-13(20)11(18)10(17(22,23)24)12(19)14(15)21/h2-4,6H,5H2,1H3,(H,25,26). The second-order valence-electron chi connectivity index (χ2n) is 5.83. The van der Waals surface area contributed by atoms with Crippen molar-refractivity contribution in [2.45, 2.75) is 19.0 Å². The molecule has 0 saturated heterocycles. The van der Waals surface area contributed by atoms with Crippen LogP contribution in [0.1, 0.15) is 24.0 Å². The maximum atomic E-state index is 13.9. The number of carbonyl (C=O) groups excluding carboxylic acids is 1. The molecule has 1 aliphatic rings. The summed E-state index contributed by atoms with van der Waals surface area (Å²) in [6.45, 7) is 1.26. The zero-order valence-electron chi connectivity index (χ0n) is 13.9. The van der Waals surface area contributed by atoms with E-state index in [0.717, 1.165) is 0 Å². The van der Waals surface area contributed by atoms with Gasteiger partial charge >= 0.3 is 6.18 Å². The zero-order valence-corrected chi connectivity index (χ0v) is 13.9. The molecule has 1 amide bonds. The third-order valence-electron chi connectivity index (χ3n) is 4.08. The SMILES string of the molecule is CC(C(=O)Nc1c(F)c(F)c(C(F)(F)F)c(F)c1F)c1ccc2c(c1)OCO2. The summed E-state index contributed by atoms with van der Waals surface area (Å²) in [6, 6.07) is 4.33. The van der Waals surface area contributed by atoms with E-state index in [-0.39, 0.29) is 6.79 Å². The summed E-state index contributed by atoms with van der Waals surface area (Å²) in [5, 5.41) is 1.60. The summed E-state index contributed by atoms with van der Waals surface area (Å²) >= 11 is 0. The molecule has 0 spiro atoms. The monoisotopic (exact) mass is 409 g/mol. The number of carbonyl (C=O) groups is 1. The lowest BCUT2D eigenvalue weighted by atomic mass is 9.99. The minimum absolute atomic E-state index is 0.0418. The molecule has 1 N–H and O–H groups in total. The van der Waals surface area contributed by atoms with Gasteiger partial charge < -0.3 is 14.8 Å². The molecule has 0 saturated carbocycles. The predicted molar refractivity (Wildman–Crippen MR) is 80.9 cm³/mol. The van der Waals surface area contributed by atoms with Crippen molar-refractivity contribution >= 4 is 11.6 Å². The summed E-state index contributed by atoms with van der Waals surface area (Å²) in [6.07, 6.45) is -5.67. The van der Waals surface area contributed by atoms with Crippen molar-refractivity contribution in [1.29, 1.82) is 0 Å². The minimum atomic E-state index is -5.67. The molecule has 0 aromatic heterocycles. The van der Waals surface area contributed by atoms with Gasteiger partial charge in [-0.2, -0.15) is 13.2 Å². The average molecular weight is 409 g/mol. The van der Waals surface area contributed by atoms with Crippen molar-refractivity contribution in [3.05, 3.63) is 52.6 Å². The van der Waals surface area contributed by atoms with Gasteiger partial charge in [0.1, 0.15) is 11.3 Å². The Bertz CT molecular complexity index is 930. The lowest BCUT2D eigenvalue weighted by Gasteiger charge is -2.17. The number of anilines is 1. The number of alkyl halides is 3. The number of fused-ring (bicyclic) bond motifs is 1. The van der Waals surface area contributed by atoms with Crippen LogP contribution in [-0.2, 0) is 11.0 Å². The summed E-state index contributed by atoms with van der Waals surface area (Å²) in [5.74, 6) is -11.5. The van der Waals surface area contributed by atoms with Crippen LogP contribution < -0.4 is 14.8 Å². The van der Waals surface area contributed by atoms with E-state index in [1.54, 1.807) is 5.32 Å². The first kappa shape index (κ1) is 19.8. The first-order valence-corrected chi connectivity index (χ1v) is 7.66. The normalized spacial score (nSPS) is 14.1. The smallest absolute Gasteiger partial charge is 0.422 e. The molecule has 0 radical (unpaired) electrons. The Labute approximate surface area is 152 Å². The molecule has 3 rings (SSSR count). The molecule has 1 heterocycles. The van der Waals surface area contributed by atoms with Gasteiger partial charge in [0.25, 0.3) is 0 Å². The highest BCUT2D eigenvalue weighted by molar-refractivity contribution is 5.96. The number of benzene rings is 2. The number of hydrogen-bond donors (Lipinski definition) is 1. The van der Waals surface area contributed by atoms with Crippen molar-refractivity contribution in [2.75, 3.05) is 12.1 Å². The summed E-state index contributed by atoms with van der Waals surface area (Å²) in [7, 11) is 0. The van der Waals surface area contributed by atoms with E-state index >= 15 is 0 Å². The fraction of sp³-hybridized carbons (Fsp3) is 0.235. The van der Waals surface area contributed by atoms with E-state index in [0.29, 0.717) is 17.1 Å². The Morgan fingerprint density at radius 1 is 1.00 bits per heavy atom. The van der Waals surface area contributed by atoms with Gasteiger partial charge in [0.2, 0.25) is 12.7 Å². The zero-order chi connectivity index (χ0) is 20.8. The number of amides is 1. The second kappa shape index (κ2) is 6.88. The van der Waals surface area contributed by atoms with Gasteiger partial charge in [-0.15, -0.1) is 0 Å². The molecule has 1 unspecified atom stereocenters.